The van der Waals surface area contributed by atoms with Crippen molar-refractivity contribution in [2.75, 3.05) is 11.9 Å². The summed E-state index contributed by atoms with van der Waals surface area (Å²) in [7, 11) is 0. The van der Waals surface area contributed by atoms with Crippen LogP contribution in [0.5, 0.6) is 0 Å². The topological polar surface area (TPSA) is 94.8 Å². The van der Waals surface area contributed by atoms with Crippen LogP contribution in [0.3, 0.4) is 0 Å². The minimum Gasteiger partial charge on any atom is -0.462 e. The Hall–Kier alpha value is -2.55. The molecular weight excluding hydrogens is 352 g/mol. The van der Waals surface area contributed by atoms with Gasteiger partial charge in [-0.05, 0) is 39.2 Å². The normalized spacial score (nSPS) is 14.0. The van der Waals surface area contributed by atoms with Gasteiger partial charge in [0.25, 0.3) is 0 Å². The van der Waals surface area contributed by atoms with Crippen LogP contribution in [0, 0.1) is 13.8 Å². The number of aromatic nitrogens is 5. The first-order valence-electron chi connectivity index (χ1n) is 8.65. The Bertz CT molecular complexity index is 975. The Morgan fingerprint density at radius 2 is 2.19 bits per heavy atom. The average Bonchev–Trinajstić information content (AvgIpc) is 3.25. The number of aryl methyl sites for hydroxylation is 2. The molecule has 0 saturated heterocycles. The van der Waals surface area contributed by atoms with E-state index in [0.29, 0.717) is 35.7 Å². The number of ether oxygens (including phenoxy) is 1. The lowest BCUT2D eigenvalue weighted by Gasteiger charge is -2.09. The number of carbonyl (C=O) groups excluding carboxylic acids is 1. The van der Waals surface area contributed by atoms with Crippen molar-refractivity contribution < 1.29 is 9.53 Å². The molecule has 1 fully saturated rings. The van der Waals surface area contributed by atoms with Crippen LogP contribution in [-0.2, 0) is 11.3 Å². The summed E-state index contributed by atoms with van der Waals surface area (Å²) in [6, 6.07) is 0.521. The lowest BCUT2D eigenvalue weighted by Crippen LogP contribution is -2.09. The number of nitrogens with one attached hydrogen (secondary N) is 1. The number of fused-ring (bicyclic) bond motifs is 1. The van der Waals surface area contributed by atoms with Crippen molar-refractivity contribution in [1.82, 2.24) is 24.7 Å². The molecule has 0 atom stereocenters. The first-order valence-corrected chi connectivity index (χ1v) is 9.47. The SMILES string of the molecule is CCOC(=O)c1sc2nc(C)nc(NCc3nncn3C3CC3)c2c1C. The molecule has 3 heterocycles. The molecule has 3 aromatic rings. The van der Waals surface area contributed by atoms with Crippen molar-refractivity contribution in [1.29, 1.82) is 0 Å². The fourth-order valence-corrected chi connectivity index (χ4v) is 4.10. The van der Waals surface area contributed by atoms with Crippen molar-refractivity contribution in [3.05, 3.63) is 28.4 Å². The molecule has 4 rings (SSSR count). The second-order valence-electron chi connectivity index (χ2n) is 6.32. The van der Waals surface area contributed by atoms with E-state index >= 15 is 0 Å². The summed E-state index contributed by atoms with van der Waals surface area (Å²) in [5.41, 5.74) is 0.842. The minimum atomic E-state index is -0.315. The summed E-state index contributed by atoms with van der Waals surface area (Å²) < 4.78 is 7.27. The average molecular weight is 372 g/mol. The molecule has 8 nitrogen and oxygen atoms in total. The van der Waals surface area contributed by atoms with Crippen molar-refractivity contribution in [2.45, 2.75) is 46.2 Å². The van der Waals surface area contributed by atoms with Crippen molar-refractivity contribution in [2.24, 2.45) is 0 Å². The highest BCUT2D eigenvalue weighted by Gasteiger charge is 2.26. The van der Waals surface area contributed by atoms with Crippen molar-refractivity contribution in [3.63, 3.8) is 0 Å². The standard InChI is InChI=1S/C17H20N6O2S/c1-4-25-17(24)14-9(2)13-15(20-10(3)21-16(13)26-14)18-7-12-22-19-8-23(12)11-5-6-11/h8,11H,4-7H2,1-3H3,(H,18,20,21). The third-order valence-corrected chi connectivity index (χ3v) is 5.53. The van der Waals surface area contributed by atoms with Gasteiger partial charge in [0.15, 0.2) is 5.82 Å². The number of hydrogen-bond donors (Lipinski definition) is 1. The molecule has 0 amide bonds. The van der Waals surface area contributed by atoms with Gasteiger partial charge in [0.2, 0.25) is 0 Å². The number of rotatable bonds is 6. The third-order valence-electron chi connectivity index (χ3n) is 4.36. The van der Waals surface area contributed by atoms with Crippen molar-refractivity contribution in [3.8, 4) is 0 Å². The summed E-state index contributed by atoms with van der Waals surface area (Å²) in [4.78, 5) is 22.6. The molecule has 0 spiro atoms. The molecule has 0 radical (unpaired) electrons. The molecule has 1 aliphatic carbocycles. The highest BCUT2D eigenvalue weighted by molar-refractivity contribution is 7.20. The zero-order valence-electron chi connectivity index (χ0n) is 14.9. The van der Waals surface area contributed by atoms with Crippen LogP contribution in [0.15, 0.2) is 6.33 Å². The molecule has 1 aliphatic rings. The number of carbonyl (C=O) groups is 1. The molecule has 1 N–H and O–H groups in total. The van der Waals surface area contributed by atoms with Crippen LogP contribution in [0.2, 0.25) is 0 Å². The van der Waals surface area contributed by atoms with Gasteiger partial charge in [0.05, 0.1) is 18.5 Å². The first kappa shape index (κ1) is 16.9. The van der Waals surface area contributed by atoms with Gasteiger partial charge in [-0.15, -0.1) is 21.5 Å². The summed E-state index contributed by atoms with van der Waals surface area (Å²) in [5.74, 6) is 1.93. The number of hydrogen-bond acceptors (Lipinski definition) is 8. The van der Waals surface area contributed by atoms with E-state index in [1.54, 1.807) is 13.3 Å². The summed E-state index contributed by atoms with van der Waals surface area (Å²) >= 11 is 1.34. The van der Waals surface area contributed by atoms with Gasteiger partial charge < -0.3 is 14.6 Å². The van der Waals surface area contributed by atoms with Crippen LogP contribution in [-0.4, -0.2) is 37.3 Å². The second kappa shape index (κ2) is 6.64. The number of anilines is 1. The number of esters is 1. The van der Waals surface area contributed by atoms with Crippen LogP contribution in [0.25, 0.3) is 10.2 Å². The van der Waals surface area contributed by atoms with Crippen LogP contribution in [0.1, 0.15) is 52.7 Å². The fourth-order valence-electron chi connectivity index (χ4n) is 2.98. The largest absolute Gasteiger partial charge is 0.462 e. The minimum absolute atomic E-state index is 0.315. The molecule has 9 heteroatoms. The monoisotopic (exact) mass is 372 g/mol. The molecular formula is C17H20N6O2S. The predicted molar refractivity (Wildman–Crippen MR) is 98.5 cm³/mol. The maximum Gasteiger partial charge on any atom is 0.348 e. The zero-order chi connectivity index (χ0) is 18.3. The van der Waals surface area contributed by atoms with Gasteiger partial charge in [-0.1, -0.05) is 0 Å². The van der Waals surface area contributed by atoms with Gasteiger partial charge >= 0.3 is 5.97 Å². The van der Waals surface area contributed by atoms with Crippen LogP contribution in [0.4, 0.5) is 5.82 Å². The number of nitrogens with zero attached hydrogens (tertiary/aromatic N) is 5. The Morgan fingerprint density at radius 3 is 2.92 bits per heavy atom. The molecule has 136 valence electrons. The Morgan fingerprint density at radius 1 is 1.38 bits per heavy atom. The van der Waals surface area contributed by atoms with E-state index in [-0.39, 0.29) is 5.97 Å². The van der Waals surface area contributed by atoms with E-state index in [9.17, 15) is 4.79 Å². The zero-order valence-corrected chi connectivity index (χ0v) is 15.8. The molecule has 0 unspecified atom stereocenters. The molecule has 3 aromatic heterocycles. The third kappa shape index (κ3) is 3.03. The lowest BCUT2D eigenvalue weighted by atomic mass is 10.2. The Labute approximate surface area is 154 Å². The lowest BCUT2D eigenvalue weighted by molar-refractivity contribution is 0.0531. The van der Waals surface area contributed by atoms with Crippen LogP contribution < -0.4 is 5.32 Å². The van der Waals surface area contributed by atoms with Crippen LogP contribution >= 0.6 is 11.3 Å². The number of thiophene rings is 1. The fraction of sp³-hybridized carbons (Fsp3) is 0.471. The highest BCUT2D eigenvalue weighted by Crippen LogP contribution is 2.36. The summed E-state index contributed by atoms with van der Waals surface area (Å²) in [6.45, 7) is 6.41. The first-order chi connectivity index (χ1) is 12.6. The summed E-state index contributed by atoms with van der Waals surface area (Å²) in [5, 5.41) is 12.5. The quantitative estimate of drug-likeness (QED) is 0.665. The Kier molecular flexibility index (Phi) is 4.31. The van der Waals surface area contributed by atoms with Gasteiger partial charge in [0, 0.05) is 6.04 Å². The molecule has 0 aliphatic heterocycles. The van der Waals surface area contributed by atoms with E-state index < -0.39 is 0 Å². The summed E-state index contributed by atoms with van der Waals surface area (Å²) in [6.07, 6.45) is 4.13. The molecule has 0 aromatic carbocycles. The highest BCUT2D eigenvalue weighted by atomic mass is 32.1. The predicted octanol–water partition coefficient (Wildman–Crippen LogP) is 3.02. The van der Waals surface area contributed by atoms with E-state index in [2.05, 4.69) is 30.0 Å². The maximum absolute atomic E-state index is 12.2. The Balaban J connectivity index is 1.67. The van der Waals surface area contributed by atoms with E-state index in [1.807, 2.05) is 13.8 Å². The molecule has 26 heavy (non-hydrogen) atoms. The van der Waals surface area contributed by atoms with E-state index in [1.165, 1.54) is 24.2 Å². The van der Waals surface area contributed by atoms with E-state index in [0.717, 1.165) is 21.6 Å². The second-order valence-corrected chi connectivity index (χ2v) is 7.31. The van der Waals surface area contributed by atoms with Gasteiger partial charge in [0.1, 0.15) is 27.7 Å². The van der Waals surface area contributed by atoms with E-state index in [4.69, 9.17) is 4.74 Å². The van der Waals surface area contributed by atoms with Crippen molar-refractivity contribution >= 4 is 33.3 Å². The maximum atomic E-state index is 12.2. The van der Waals surface area contributed by atoms with Gasteiger partial charge in [-0.25, -0.2) is 14.8 Å². The van der Waals surface area contributed by atoms with Gasteiger partial charge in [-0.3, -0.25) is 0 Å². The smallest absolute Gasteiger partial charge is 0.348 e. The molecule has 0 bridgehead atoms. The van der Waals surface area contributed by atoms with Gasteiger partial charge in [-0.2, -0.15) is 0 Å². The molecule has 1 saturated carbocycles.